The van der Waals surface area contributed by atoms with E-state index >= 15 is 0 Å². The number of rotatable bonds is 16. The molecule has 0 amide bonds. The SMILES string of the molecule is CC(C)=CC(C)C[C@](C)(O[C@H]1O[C@@H](CO)[C@H](O)[C@@H](O)[C@@H]1O)[C@H]1CC[C@]2(C)C3CCC4C(C)(C)[C@@H](O[C@@H]5O[C@H](CO)[C@@H](O)[C@H](O)[C@H]5O[C@@H]5O[C@H](COC(=O)CC(=O)O)[C@@H](O)[C@H](O)[C@H]5O)CC[C@]4(C)C3C[C@H](O)[C@@H]12. The van der Waals surface area contributed by atoms with Gasteiger partial charge in [0.25, 0.3) is 0 Å². The molecule has 0 aromatic carbocycles. The third-order valence-corrected chi connectivity index (χ3v) is 18.7. The maximum atomic E-state index is 12.6. The lowest BCUT2D eigenvalue weighted by Gasteiger charge is -2.66. The van der Waals surface area contributed by atoms with Crippen molar-refractivity contribution in [1.82, 2.24) is 0 Å². The quantitative estimate of drug-likeness (QED) is 0.0414. The minimum Gasteiger partial charge on any atom is -0.481 e. The number of hydrogen-bond acceptors (Lipinski definition) is 20. The zero-order chi connectivity index (χ0) is 53.2. The van der Waals surface area contributed by atoms with Crippen LogP contribution in [0, 0.1) is 51.8 Å². The van der Waals surface area contributed by atoms with Crippen LogP contribution >= 0.6 is 0 Å². The summed E-state index contributed by atoms with van der Waals surface area (Å²) in [5.74, 6) is -2.58. The number of carbonyl (C=O) groups is 2. The molecule has 4 unspecified atom stereocenters. The summed E-state index contributed by atoms with van der Waals surface area (Å²) < 4.78 is 42.3. The van der Waals surface area contributed by atoms with E-state index in [4.69, 9.17) is 38.3 Å². The minimum absolute atomic E-state index is 0.0284. The summed E-state index contributed by atoms with van der Waals surface area (Å²) in [4.78, 5) is 23.0. The van der Waals surface area contributed by atoms with Crippen LogP contribution in [-0.4, -0.2) is 203 Å². The Balaban J connectivity index is 1.10. The number of fused-ring (bicyclic) bond motifs is 5. The van der Waals surface area contributed by atoms with Crippen molar-refractivity contribution in [2.75, 3.05) is 19.8 Å². The van der Waals surface area contributed by atoms with Gasteiger partial charge in [-0.25, -0.2) is 0 Å². The fourth-order valence-corrected chi connectivity index (χ4v) is 15.3. The molecule has 21 nitrogen and oxygen atoms in total. The van der Waals surface area contributed by atoms with Crippen LogP contribution in [0.25, 0.3) is 0 Å². The standard InChI is InChI=1S/C51H84O21/c1-22(2)15-23(3)18-51(8,72-46-43(65)39(61)36(58)28(19-52)67-46)25-11-13-50(7)24-9-10-31-48(4,5)32(12-14-49(31,6)26(24)16-27(54)35(25)50)70-47-44(41(63)37(59)29(20-53)68-47)71-45-42(64)40(62)38(60)30(69-45)21-66-34(57)17-33(55)56/h15,23-32,35-47,52-54,58-65H,9-14,16-21H2,1-8H3,(H,55,56)/t23?,24?,25-,26?,27-,28-,29+,30+,31?,32-,35+,36-,37+,38+,39+,40-,41-,42+,43-,44+,45-,46+,47-,49+,50+,51-/m0/s1. The van der Waals surface area contributed by atoms with Gasteiger partial charge in [-0.3, -0.25) is 9.59 Å². The Labute approximate surface area is 421 Å². The molecule has 3 saturated heterocycles. The maximum absolute atomic E-state index is 12.6. The predicted octanol–water partition coefficient (Wildman–Crippen LogP) is -0.145. The highest BCUT2D eigenvalue weighted by atomic mass is 16.8. The molecule has 3 heterocycles. The van der Waals surface area contributed by atoms with Crippen LogP contribution in [0.15, 0.2) is 11.6 Å². The first kappa shape index (κ1) is 57.7. The molecule has 12 N–H and O–H groups in total. The molecule has 7 aliphatic rings. The number of aliphatic hydroxyl groups excluding tert-OH is 11. The molecule has 0 aromatic heterocycles. The molecule has 26 atom stereocenters. The third-order valence-electron chi connectivity index (χ3n) is 18.7. The second-order valence-electron chi connectivity index (χ2n) is 23.9. The Hall–Kier alpha value is -2.00. The summed E-state index contributed by atoms with van der Waals surface area (Å²) in [5, 5.41) is 129. The molecule has 0 aromatic rings. The lowest BCUT2D eigenvalue weighted by molar-refractivity contribution is -0.378. The van der Waals surface area contributed by atoms with Crippen molar-refractivity contribution in [3.63, 3.8) is 0 Å². The highest BCUT2D eigenvalue weighted by Gasteiger charge is 2.68. The van der Waals surface area contributed by atoms with E-state index in [2.05, 4.69) is 40.7 Å². The monoisotopic (exact) mass is 1030 g/mol. The normalized spacial score (nSPS) is 48.3. The maximum Gasteiger partial charge on any atom is 0.317 e. The Morgan fingerprint density at radius 2 is 1.26 bits per heavy atom. The molecule has 414 valence electrons. The minimum atomic E-state index is -1.93. The van der Waals surface area contributed by atoms with Gasteiger partial charge < -0.3 is 94.4 Å². The zero-order valence-corrected chi connectivity index (χ0v) is 42.9. The molecule has 4 aliphatic carbocycles. The number of carboxylic acids is 1. The fourth-order valence-electron chi connectivity index (χ4n) is 15.3. The average molecular weight is 1030 g/mol. The Bertz CT molecular complexity index is 1900. The summed E-state index contributed by atoms with van der Waals surface area (Å²) in [6.45, 7) is 15.0. The second-order valence-corrected chi connectivity index (χ2v) is 23.9. The fraction of sp³-hybridized carbons (Fsp3) is 0.922. The van der Waals surface area contributed by atoms with Gasteiger partial charge in [0.2, 0.25) is 0 Å². The van der Waals surface area contributed by atoms with E-state index in [1.54, 1.807) is 0 Å². The number of esters is 1. The van der Waals surface area contributed by atoms with Crippen LogP contribution in [0.2, 0.25) is 0 Å². The number of aliphatic carboxylic acids is 1. The van der Waals surface area contributed by atoms with Crippen LogP contribution in [0.1, 0.15) is 113 Å². The van der Waals surface area contributed by atoms with Crippen LogP contribution < -0.4 is 0 Å². The van der Waals surface area contributed by atoms with E-state index in [1.165, 1.54) is 0 Å². The molecule has 0 radical (unpaired) electrons. The molecule has 0 bridgehead atoms. The van der Waals surface area contributed by atoms with Gasteiger partial charge in [-0.1, -0.05) is 46.3 Å². The number of carboxylic acid groups (broad SMARTS) is 1. The average Bonchev–Trinajstić information content (AvgIpc) is 3.69. The van der Waals surface area contributed by atoms with Gasteiger partial charge in [-0.05, 0) is 124 Å². The largest absolute Gasteiger partial charge is 0.481 e. The van der Waals surface area contributed by atoms with Crippen LogP contribution in [0.3, 0.4) is 0 Å². The summed E-state index contributed by atoms with van der Waals surface area (Å²) in [5.41, 5.74) is -1.02. The Morgan fingerprint density at radius 3 is 1.88 bits per heavy atom. The van der Waals surface area contributed by atoms with Crippen molar-refractivity contribution >= 4 is 11.9 Å². The van der Waals surface area contributed by atoms with Gasteiger partial charge in [0, 0.05) is 0 Å². The van der Waals surface area contributed by atoms with Crippen LogP contribution in [0.4, 0.5) is 0 Å². The van der Waals surface area contributed by atoms with E-state index in [9.17, 15) is 65.8 Å². The van der Waals surface area contributed by atoms with E-state index in [1.807, 2.05) is 20.8 Å². The van der Waals surface area contributed by atoms with E-state index in [0.717, 1.165) is 31.3 Å². The number of ether oxygens (including phenoxy) is 7. The number of aliphatic hydroxyl groups is 11. The van der Waals surface area contributed by atoms with E-state index < -0.39 is 154 Å². The van der Waals surface area contributed by atoms with Crippen molar-refractivity contribution < 1.29 is 104 Å². The van der Waals surface area contributed by atoms with E-state index in [0.29, 0.717) is 25.7 Å². The first-order chi connectivity index (χ1) is 33.6. The summed E-state index contributed by atoms with van der Waals surface area (Å²) >= 11 is 0. The summed E-state index contributed by atoms with van der Waals surface area (Å²) in [6.07, 6.45) is -18.7. The molecule has 7 rings (SSSR count). The molecule has 4 saturated carbocycles. The smallest absolute Gasteiger partial charge is 0.317 e. The molecule has 3 aliphatic heterocycles. The molecular formula is C51H84O21. The van der Waals surface area contributed by atoms with Gasteiger partial charge in [-0.15, -0.1) is 0 Å². The highest BCUT2D eigenvalue weighted by molar-refractivity contribution is 5.90. The van der Waals surface area contributed by atoms with Crippen LogP contribution in [-0.2, 0) is 42.7 Å². The Kier molecular flexibility index (Phi) is 17.8. The molecule has 0 spiro atoms. The topological polar surface area (TPSA) is 342 Å². The van der Waals surface area contributed by atoms with Gasteiger partial charge in [-0.2, -0.15) is 0 Å². The first-order valence-electron chi connectivity index (χ1n) is 25.9. The van der Waals surface area contributed by atoms with Crippen molar-refractivity contribution in [2.45, 2.75) is 223 Å². The van der Waals surface area contributed by atoms with Crippen molar-refractivity contribution in [3.8, 4) is 0 Å². The van der Waals surface area contributed by atoms with Crippen molar-refractivity contribution in [1.29, 1.82) is 0 Å². The van der Waals surface area contributed by atoms with Gasteiger partial charge >= 0.3 is 11.9 Å². The zero-order valence-electron chi connectivity index (χ0n) is 42.9. The van der Waals surface area contributed by atoms with Gasteiger partial charge in [0.15, 0.2) is 18.9 Å². The Morgan fingerprint density at radius 1 is 0.694 bits per heavy atom. The third kappa shape index (κ3) is 10.8. The molecule has 7 fully saturated rings. The van der Waals surface area contributed by atoms with Gasteiger partial charge in [0.1, 0.15) is 86.3 Å². The second kappa shape index (κ2) is 22.2. The van der Waals surface area contributed by atoms with Crippen molar-refractivity contribution in [3.05, 3.63) is 11.6 Å². The predicted molar refractivity (Wildman–Crippen MR) is 250 cm³/mol. The lowest BCUT2D eigenvalue weighted by atomic mass is 9.39. The van der Waals surface area contributed by atoms with Crippen LogP contribution in [0.5, 0.6) is 0 Å². The lowest BCUT2D eigenvalue weighted by Crippen LogP contribution is -2.66. The van der Waals surface area contributed by atoms with Gasteiger partial charge in [0.05, 0.1) is 31.0 Å². The number of allylic oxidation sites excluding steroid dienone is 2. The van der Waals surface area contributed by atoms with Crippen molar-refractivity contribution in [2.24, 2.45) is 51.8 Å². The molecule has 21 heteroatoms. The highest BCUT2D eigenvalue weighted by Crippen LogP contribution is 2.71. The number of carbonyl (C=O) groups excluding carboxylic acids is 1. The summed E-state index contributed by atoms with van der Waals surface area (Å²) in [7, 11) is 0. The first-order valence-corrected chi connectivity index (χ1v) is 25.9. The summed E-state index contributed by atoms with van der Waals surface area (Å²) in [6, 6.07) is 0. The molecular weight excluding hydrogens is 949 g/mol. The van der Waals surface area contributed by atoms with E-state index in [-0.39, 0.29) is 46.3 Å². The number of hydrogen-bond donors (Lipinski definition) is 12. The molecule has 72 heavy (non-hydrogen) atoms.